The van der Waals surface area contributed by atoms with Crippen LogP contribution in [-0.4, -0.2) is 21.9 Å². The number of fused-ring (bicyclic) bond motifs is 1. The maximum Gasteiger partial charge on any atom is 0.150 e. The molecular weight excluding hydrogens is 190 g/mol. The summed E-state index contributed by atoms with van der Waals surface area (Å²) in [5.74, 6) is 0. The van der Waals surface area contributed by atoms with Gasteiger partial charge in [0.2, 0.25) is 0 Å². The summed E-state index contributed by atoms with van der Waals surface area (Å²) in [6.07, 6.45) is -0.712. The van der Waals surface area contributed by atoms with Crippen LogP contribution in [0.4, 0.5) is 0 Å². The number of aliphatic hydroxyl groups excluding tert-OH is 1. The van der Waals surface area contributed by atoms with Crippen LogP contribution in [0.25, 0.3) is 10.9 Å². The lowest BCUT2D eigenvalue weighted by atomic mass is 10.1. The van der Waals surface area contributed by atoms with Gasteiger partial charge in [0.15, 0.2) is 0 Å². The number of aromatic nitrogens is 2. The molecule has 2 aromatic rings. The Kier molecular flexibility index (Phi) is 2.46. The van der Waals surface area contributed by atoms with Crippen molar-refractivity contribution in [1.29, 1.82) is 0 Å². The molecule has 2 rings (SSSR count). The molecule has 1 aromatic carbocycles. The minimum atomic E-state index is -0.712. The van der Waals surface area contributed by atoms with Gasteiger partial charge in [0.05, 0.1) is 5.52 Å². The van der Waals surface area contributed by atoms with Gasteiger partial charge in [0.25, 0.3) is 0 Å². The third-order valence-corrected chi connectivity index (χ3v) is 2.57. The molecule has 0 aliphatic heterocycles. The SMILES string of the molecule is CNC(O)c1nn(C)c2cc(C)ccc12. The molecular formula is C11H15N3O. The van der Waals surface area contributed by atoms with Crippen LogP contribution in [0.2, 0.25) is 0 Å². The molecule has 0 radical (unpaired) electrons. The number of rotatable bonds is 2. The summed E-state index contributed by atoms with van der Waals surface area (Å²) >= 11 is 0. The Labute approximate surface area is 88.5 Å². The fourth-order valence-electron chi connectivity index (χ4n) is 1.73. The van der Waals surface area contributed by atoms with Gasteiger partial charge < -0.3 is 5.11 Å². The smallest absolute Gasteiger partial charge is 0.150 e. The highest BCUT2D eigenvalue weighted by atomic mass is 16.3. The van der Waals surface area contributed by atoms with Crippen LogP contribution >= 0.6 is 0 Å². The van der Waals surface area contributed by atoms with Gasteiger partial charge in [-0.2, -0.15) is 5.10 Å². The van der Waals surface area contributed by atoms with Crippen molar-refractivity contribution in [3.05, 3.63) is 29.5 Å². The second-order valence-electron chi connectivity index (χ2n) is 3.72. The minimum absolute atomic E-state index is 0.676. The predicted molar refractivity (Wildman–Crippen MR) is 59.5 cm³/mol. The van der Waals surface area contributed by atoms with Crippen molar-refractivity contribution in [2.45, 2.75) is 13.2 Å². The molecule has 0 saturated carbocycles. The minimum Gasteiger partial charge on any atom is -0.373 e. The van der Waals surface area contributed by atoms with Gasteiger partial charge in [-0.15, -0.1) is 0 Å². The molecule has 0 spiro atoms. The zero-order valence-electron chi connectivity index (χ0n) is 9.15. The molecule has 0 saturated heterocycles. The first-order chi connectivity index (χ1) is 7.13. The second kappa shape index (κ2) is 3.64. The van der Waals surface area contributed by atoms with Crippen molar-refractivity contribution in [2.75, 3.05) is 7.05 Å². The Hall–Kier alpha value is -1.39. The number of aryl methyl sites for hydroxylation is 2. The van der Waals surface area contributed by atoms with Crippen LogP contribution in [0, 0.1) is 6.92 Å². The summed E-state index contributed by atoms with van der Waals surface area (Å²) < 4.78 is 1.79. The average molecular weight is 205 g/mol. The van der Waals surface area contributed by atoms with E-state index in [0.29, 0.717) is 5.69 Å². The molecule has 0 bridgehead atoms. The van der Waals surface area contributed by atoms with E-state index in [-0.39, 0.29) is 0 Å². The number of nitrogens with zero attached hydrogens (tertiary/aromatic N) is 2. The van der Waals surface area contributed by atoms with Crippen LogP contribution in [-0.2, 0) is 7.05 Å². The molecule has 1 aromatic heterocycles. The molecule has 0 fully saturated rings. The molecule has 4 heteroatoms. The second-order valence-corrected chi connectivity index (χ2v) is 3.72. The third kappa shape index (κ3) is 1.62. The zero-order valence-corrected chi connectivity index (χ0v) is 9.15. The van der Waals surface area contributed by atoms with Crippen molar-refractivity contribution >= 4 is 10.9 Å². The van der Waals surface area contributed by atoms with E-state index in [1.807, 2.05) is 26.1 Å². The Morgan fingerprint density at radius 2 is 2.20 bits per heavy atom. The Balaban J connectivity index is 2.68. The van der Waals surface area contributed by atoms with E-state index in [2.05, 4.69) is 16.5 Å². The topological polar surface area (TPSA) is 50.1 Å². The predicted octanol–water partition coefficient (Wildman–Crippen LogP) is 1.09. The number of hydrogen-bond acceptors (Lipinski definition) is 3. The van der Waals surface area contributed by atoms with Crippen LogP contribution in [0.3, 0.4) is 0 Å². The largest absolute Gasteiger partial charge is 0.373 e. The average Bonchev–Trinajstić information content (AvgIpc) is 2.55. The zero-order chi connectivity index (χ0) is 11.0. The monoisotopic (exact) mass is 205 g/mol. The molecule has 4 nitrogen and oxygen atoms in total. The molecule has 0 aliphatic rings. The fourth-order valence-corrected chi connectivity index (χ4v) is 1.73. The van der Waals surface area contributed by atoms with Gasteiger partial charge in [-0.25, -0.2) is 0 Å². The highest BCUT2D eigenvalue weighted by Crippen LogP contribution is 2.22. The van der Waals surface area contributed by atoms with E-state index in [1.54, 1.807) is 11.7 Å². The van der Waals surface area contributed by atoms with Crippen LogP contribution < -0.4 is 5.32 Å². The van der Waals surface area contributed by atoms with Gasteiger partial charge >= 0.3 is 0 Å². The summed E-state index contributed by atoms with van der Waals surface area (Å²) in [6.45, 7) is 2.04. The third-order valence-electron chi connectivity index (χ3n) is 2.57. The van der Waals surface area contributed by atoms with E-state index in [0.717, 1.165) is 10.9 Å². The lowest BCUT2D eigenvalue weighted by Crippen LogP contribution is -2.16. The van der Waals surface area contributed by atoms with Crippen LogP contribution in [0.15, 0.2) is 18.2 Å². The molecule has 80 valence electrons. The molecule has 15 heavy (non-hydrogen) atoms. The van der Waals surface area contributed by atoms with Crippen molar-refractivity contribution < 1.29 is 5.11 Å². The fraction of sp³-hybridized carbons (Fsp3) is 0.364. The quantitative estimate of drug-likeness (QED) is 0.722. The van der Waals surface area contributed by atoms with Gasteiger partial charge in [0.1, 0.15) is 11.9 Å². The van der Waals surface area contributed by atoms with Crippen molar-refractivity contribution in [3.63, 3.8) is 0 Å². The van der Waals surface area contributed by atoms with Gasteiger partial charge in [0, 0.05) is 12.4 Å². The number of hydrogen-bond donors (Lipinski definition) is 2. The first-order valence-electron chi connectivity index (χ1n) is 4.92. The van der Waals surface area contributed by atoms with Gasteiger partial charge in [-0.3, -0.25) is 10.00 Å². The maximum atomic E-state index is 9.72. The van der Waals surface area contributed by atoms with Crippen molar-refractivity contribution in [2.24, 2.45) is 7.05 Å². The van der Waals surface area contributed by atoms with Crippen LogP contribution in [0.5, 0.6) is 0 Å². The number of nitrogens with one attached hydrogen (secondary N) is 1. The Morgan fingerprint density at radius 3 is 2.87 bits per heavy atom. The summed E-state index contributed by atoms with van der Waals surface area (Å²) in [5, 5.41) is 17.8. The molecule has 1 heterocycles. The van der Waals surface area contributed by atoms with Crippen molar-refractivity contribution in [3.8, 4) is 0 Å². The normalized spacial score (nSPS) is 13.3. The summed E-state index contributed by atoms with van der Waals surface area (Å²) in [4.78, 5) is 0. The lowest BCUT2D eigenvalue weighted by Gasteiger charge is -2.05. The van der Waals surface area contributed by atoms with Crippen molar-refractivity contribution in [1.82, 2.24) is 15.1 Å². The highest BCUT2D eigenvalue weighted by molar-refractivity contribution is 5.82. The van der Waals surface area contributed by atoms with E-state index < -0.39 is 6.23 Å². The lowest BCUT2D eigenvalue weighted by molar-refractivity contribution is 0.145. The summed E-state index contributed by atoms with van der Waals surface area (Å²) in [7, 11) is 3.59. The summed E-state index contributed by atoms with van der Waals surface area (Å²) in [6, 6.07) is 6.08. The Bertz CT molecular complexity index is 490. The molecule has 0 aliphatic carbocycles. The van der Waals surface area contributed by atoms with E-state index >= 15 is 0 Å². The van der Waals surface area contributed by atoms with Gasteiger partial charge in [-0.05, 0) is 25.6 Å². The first kappa shape index (κ1) is 10.1. The van der Waals surface area contributed by atoms with E-state index in [1.165, 1.54) is 5.56 Å². The summed E-state index contributed by atoms with van der Waals surface area (Å²) in [5.41, 5.74) is 2.91. The number of benzene rings is 1. The highest BCUT2D eigenvalue weighted by Gasteiger charge is 2.14. The van der Waals surface area contributed by atoms with Gasteiger partial charge in [-0.1, -0.05) is 12.1 Å². The molecule has 0 amide bonds. The first-order valence-corrected chi connectivity index (χ1v) is 4.92. The maximum absolute atomic E-state index is 9.72. The Morgan fingerprint density at radius 1 is 1.47 bits per heavy atom. The van der Waals surface area contributed by atoms with E-state index in [4.69, 9.17) is 0 Å². The van der Waals surface area contributed by atoms with Crippen LogP contribution in [0.1, 0.15) is 17.5 Å². The molecule has 2 N–H and O–H groups in total. The number of aliphatic hydroxyl groups is 1. The van der Waals surface area contributed by atoms with E-state index in [9.17, 15) is 5.11 Å². The molecule has 1 unspecified atom stereocenters. The molecule has 1 atom stereocenters. The standard InChI is InChI=1S/C11H15N3O/c1-7-4-5-8-9(6-7)14(3)13-10(8)11(15)12-2/h4-6,11-12,15H,1-3H3.